The van der Waals surface area contributed by atoms with Crippen LogP contribution in [-0.2, 0) is 6.42 Å². The molecule has 0 saturated heterocycles. The van der Waals surface area contributed by atoms with Gasteiger partial charge in [-0.1, -0.05) is 32.9 Å². The zero-order valence-corrected chi connectivity index (χ0v) is 11.5. The van der Waals surface area contributed by atoms with Crippen LogP contribution in [0, 0.1) is 5.41 Å². The lowest BCUT2D eigenvalue weighted by atomic mass is 9.93. The minimum absolute atomic E-state index is 0.211. The van der Waals surface area contributed by atoms with Crippen molar-refractivity contribution in [1.82, 2.24) is 0 Å². The van der Waals surface area contributed by atoms with Gasteiger partial charge in [-0.15, -0.1) is 0 Å². The van der Waals surface area contributed by atoms with Crippen molar-refractivity contribution in [3.05, 3.63) is 29.8 Å². The maximum absolute atomic E-state index is 5.76. The van der Waals surface area contributed by atoms with E-state index in [1.165, 1.54) is 5.56 Å². The van der Waals surface area contributed by atoms with Crippen LogP contribution >= 0.6 is 0 Å². The number of nitrogens with two attached hydrogens (primary N) is 1. The third-order valence-electron chi connectivity index (χ3n) is 2.60. The Kier molecular flexibility index (Phi) is 5.01. The van der Waals surface area contributed by atoms with E-state index >= 15 is 0 Å². The number of hydrogen-bond acceptors (Lipinski definition) is 2. The van der Waals surface area contributed by atoms with Crippen molar-refractivity contribution in [2.75, 3.05) is 6.61 Å². The van der Waals surface area contributed by atoms with Gasteiger partial charge in [-0.05, 0) is 42.9 Å². The molecule has 1 unspecified atom stereocenters. The summed E-state index contributed by atoms with van der Waals surface area (Å²) in [5.41, 5.74) is 7.35. The second-order valence-electron chi connectivity index (χ2n) is 5.98. The van der Waals surface area contributed by atoms with Gasteiger partial charge in [0.1, 0.15) is 5.75 Å². The SMILES string of the molecule is CC(N)Cc1ccc(OCCC(C)(C)C)cc1. The first-order valence-electron chi connectivity index (χ1n) is 6.34. The average Bonchev–Trinajstić information content (AvgIpc) is 2.18. The van der Waals surface area contributed by atoms with Crippen LogP contribution in [0.25, 0.3) is 0 Å². The highest BCUT2D eigenvalue weighted by molar-refractivity contribution is 5.27. The van der Waals surface area contributed by atoms with Gasteiger partial charge >= 0.3 is 0 Å². The summed E-state index contributed by atoms with van der Waals surface area (Å²) >= 11 is 0. The smallest absolute Gasteiger partial charge is 0.119 e. The Morgan fingerprint density at radius 1 is 1.18 bits per heavy atom. The minimum atomic E-state index is 0.211. The first-order chi connectivity index (χ1) is 7.87. The number of ether oxygens (including phenoxy) is 1. The van der Waals surface area contributed by atoms with Gasteiger partial charge in [0, 0.05) is 6.04 Å². The van der Waals surface area contributed by atoms with E-state index in [0.717, 1.165) is 25.2 Å². The van der Waals surface area contributed by atoms with Crippen molar-refractivity contribution < 1.29 is 4.74 Å². The third-order valence-corrected chi connectivity index (χ3v) is 2.60. The molecule has 96 valence electrons. The summed E-state index contributed by atoms with van der Waals surface area (Å²) in [5, 5.41) is 0. The standard InChI is InChI=1S/C15H25NO/c1-12(16)11-13-5-7-14(8-6-13)17-10-9-15(2,3)4/h5-8,12H,9-11,16H2,1-4H3. The fourth-order valence-corrected chi connectivity index (χ4v) is 1.57. The van der Waals surface area contributed by atoms with Gasteiger partial charge in [0.25, 0.3) is 0 Å². The molecule has 0 fully saturated rings. The van der Waals surface area contributed by atoms with Crippen LogP contribution < -0.4 is 10.5 Å². The molecule has 17 heavy (non-hydrogen) atoms. The van der Waals surface area contributed by atoms with Crippen molar-refractivity contribution >= 4 is 0 Å². The largest absolute Gasteiger partial charge is 0.494 e. The van der Waals surface area contributed by atoms with E-state index < -0.39 is 0 Å². The number of rotatable bonds is 5. The molecule has 0 aliphatic rings. The average molecular weight is 235 g/mol. The lowest BCUT2D eigenvalue weighted by molar-refractivity contribution is 0.243. The molecule has 2 N–H and O–H groups in total. The first-order valence-corrected chi connectivity index (χ1v) is 6.34. The summed E-state index contributed by atoms with van der Waals surface area (Å²) < 4.78 is 5.71. The molecule has 2 nitrogen and oxygen atoms in total. The van der Waals surface area contributed by atoms with Crippen LogP contribution in [0.15, 0.2) is 24.3 Å². The molecule has 0 aliphatic carbocycles. The van der Waals surface area contributed by atoms with E-state index in [1.807, 2.05) is 19.1 Å². The minimum Gasteiger partial charge on any atom is -0.494 e. The molecular weight excluding hydrogens is 210 g/mol. The fraction of sp³-hybridized carbons (Fsp3) is 0.600. The molecule has 0 spiro atoms. The summed E-state index contributed by atoms with van der Waals surface area (Å²) in [6.07, 6.45) is 1.98. The second-order valence-corrected chi connectivity index (χ2v) is 5.98. The molecule has 0 saturated carbocycles. The molecule has 0 aliphatic heterocycles. The molecule has 0 amide bonds. The van der Waals surface area contributed by atoms with E-state index in [2.05, 4.69) is 32.9 Å². The molecule has 1 rings (SSSR count). The second kappa shape index (κ2) is 6.06. The maximum Gasteiger partial charge on any atom is 0.119 e. The van der Waals surface area contributed by atoms with Gasteiger partial charge < -0.3 is 10.5 Å². The van der Waals surface area contributed by atoms with Crippen molar-refractivity contribution in [3.8, 4) is 5.75 Å². The normalized spacial score (nSPS) is 13.5. The Hall–Kier alpha value is -1.02. The van der Waals surface area contributed by atoms with Gasteiger partial charge in [0.05, 0.1) is 6.61 Å². The van der Waals surface area contributed by atoms with Crippen LogP contribution in [-0.4, -0.2) is 12.6 Å². The van der Waals surface area contributed by atoms with E-state index in [0.29, 0.717) is 5.41 Å². The molecule has 1 aromatic rings. The van der Waals surface area contributed by atoms with Crippen LogP contribution in [0.2, 0.25) is 0 Å². The molecule has 0 aromatic heterocycles. The van der Waals surface area contributed by atoms with Crippen LogP contribution in [0.3, 0.4) is 0 Å². The Balaban J connectivity index is 2.40. The van der Waals surface area contributed by atoms with Crippen LogP contribution in [0.4, 0.5) is 0 Å². The summed E-state index contributed by atoms with van der Waals surface area (Å²) in [6.45, 7) is 9.47. The highest BCUT2D eigenvalue weighted by atomic mass is 16.5. The Bertz CT molecular complexity index is 322. The Labute approximate surface area is 105 Å². The molecule has 0 heterocycles. The first kappa shape index (κ1) is 14.0. The van der Waals surface area contributed by atoms with E-state index in [4.69, 9.17) is 10.5 Å². The molecule has 1 atom stereocenters. The maximum atomic E-state index is 5.76. The quantitative estimate of drug-likeness (QED) is 0.849. The lowest BCUT2D eigenvalue weighted by Gasteiger charge is -2.18. The zero-order chi connectivity index (χ0) is 12.9. The van der Waals surface area contributed by atoms with Gasteiger partial charge in [0.15, 0.2) is 0 Å². The number of hydrogen-bond donors (Lipinski definition) is 1. The van der Waals surface area contributed by atoms with Gasteiger partial charge in [-0.2, -0.15) is 0 Å². The van der Waals surface area contributed by atoms with Gasteiger partial charge in [-0.25, -0.2) is 0 Å². The summed E-state index contributed by atoms with van der Waals surface area (Å²) in [5.74, 6) is 0.947. The highest BCUT2D eigenvalue weighted by Gasteiger charge is 2.09. The van der Waals surface area contributed by atoms with Crippen molar-refractivity contribution in [1.29, 1.82) is 0 Å². The van der Waals surface area contributed by atoms with Crippen LogP contribution in [0.5, 0.6) is 5.75 Å². The fourth-order valence-electron chi connectivity index (χ4n) is 1.57. The summed E-state index contributed by atoms with van der Waals surface area (Å²) in [4.78, 5) is 0. The number of benzene rings is 1. The van der Waals surface area contributed by atoms with Gasteiger partial charge in [0.2, 0.25) is 0 Å². The Morgan fingerprint density at radius 3 is 2.24 bits per heavy atom. The van der Waals surface area contributed by atoms with Gasteiger partial charge in [-0.3, -0.25) is 0 Å². The predicted octanol–water partition coefficient (Wildman–Crippen LogP) is 3.39. The predicted molar refractivity (Wildman–Crippen MR) is 73.4 cm³/mol. The summed E-state index contributed by atoms with van der Waals surface area (Å²) in [7, 11) is 0. The van der Waals surface area contributed by atoms with Crippen molar-refractivity contribution in [2.24, 2.45) is 11.1 Å². The van der Waals surface area contributed by atoms with E-state index in [1.54, 1.807) is 0 Å². The molecule has 2 heteroatoms. The summed E-state index contributed by atoms with van der Waals surface area (Å²) in [6, 6.07) is 8.45. The molecule has 1 aromatic carbocycles. The van der Waals surface area contributed by atoms with Crippen LogP contribution in [0.1, 0.15) is 39.7 Å². The van der Waals surface area contributed by atoms with Crippen molar-refractivity contribution in [2.45, 2.75) is 46.6 Å². The molecular formula is C15H25NO. The lowest BCUT2D eigenvalue weighted by Crippen LogP contribution is -2.17. The molecule has 0 radical (unpaired) electrons. The molecule has 0 bridgehead atoms. The highest BCUT2D eigenvalue weighted by Crippen LogP contribution is 2.20. The third kappa shape index (κ3) is 6.32. The van der Waals surface area contributed by atoms with E-state index in [-0.39, 0.29) is 6.04 Å². The topological polar surface area (TPSA) is 35.2 Å². The zero-order valence-electron chi connectivity index (χ0n) is 11.5. The Morgan fingerprint density at radius 2 is 1.76 bits per heavy atom. The van der Waals surface area contributed by atoms with Crippen molar-refractivity contribution in [3.63, 3.8) is 0 Å². The van der Waals surface area contributed by atoms with E-state index in [9.17, 15) is 0 Å². The monoisotopic (exact) mass is 235 g/mol.